The van der Waals surface area contributed by atoms with Crippen molar-refractivity contribution in [3.8, 4) is 27.9 Å². The summed E-state index contributed by atoms with van der Waals surface area (Å²) in [4.78, 5) is 0. The maximum absolute atomic E-state index is 2.57. The van der Waals surface area contributed by atoms with Crippen molar-refractivity contribution in [1.29, 1.82) is 0 Å². The van der Waals surface area contributed by atoms with Crippen LogP contribution in [0.1, 0.15) is 25.0 Å². The molecule has 226 valence electrons. The Balaban J connectivity index is 1.23. The Morgan fingerprint density at radius 3 is 2.17 bits per heavy atom. The number of fused-ring (bicyclic) bond motifs is 13. The molecule has 0 saturated carbocycles. The lowest BCUT2D eigenvalue weighted by Crippen LogP contribution is -2.14. The molecular weight excluding hydrogens is 619 g/mol. The predicted molar refractivity (Wildman–Crippen MR) is 210 cm³/mol. The van der Waals surface area contributed by atoms with Gasteiger partial charge in [0.15, 0.2) is 0 Å². The highest BCUT2D eigenvalue weighted by atomic mass is 32.1. The van der Waals surface area contributed by atoms with Crippen LogP contribution in [0.15, 0.2) is 140 Å². The topological polar surface area (TPSA) is 4.93 Å². The standard InChI is InChI=1S/C45H29NS2/c1-45(2)34-16-6-3-13-31(34)42-35(45)23-22-30-28-11-4-7-17-36(28)46(43(30)42)37-18-9-15-32-41-27(14-10-20-40(41)48-44(32)37)26-21-24-39-33(25-26)29-12-5-8-19-38(29)47-39/h3-25H,1-2H3. The smallest absolute Gasteiger partial charge is 0.0641 e. The fourth-order valence-electron chi connectivity index (χ4n) is 8.64. The van der Waals surface area contributed by atoms with E-state index in [1.807, 2.05) is 22.7 Å². The minimum absolute atomic E-state index is 0.0607. The number of para-hydroxylation sites is 1. The van der Waals surface area contributed by atoms with Crippen LogP contribution < -0.4 is 0 Å². The highest BCUT2D eigenvalue weighted by Crippen LogP contribution is 2.53. The van der Waals surface area contributed by atoms with Crippen molar-refractivity contribution in [3.63, 3.8) is 0 Å². The molecule has 1 aliphatic rings. The first-order valence-electron chi connectivity index (χ1n) is 16.6. The molecule has 1 aliphatic carbocycles. The highest BCUT2D eigenvalue weighted by molar-refractivity contribution is 7.26. The molecular formula is C45H29NS2. The quantitative estimate of drug-likeness (QED) is 0.176. The van der Waals surface area contributed by atoms with Gasteiger partial charge in [0.1, 0.15) is 0 Å². The number of rotatable bonds is 2. The summed E-state index contributed by atoms with van der Waals surface area (Å²) >= 11 is 3.80. The van der Waals surface area contributed by atoms with E-state index in [0.717, 1.165) is 0 Å². The second-order valence-electron chi connectivity index (χ2n) is 13.7. The third-order valence-electron chi connectivity index (χ3n) is 10.8. The first-order chi connectivity index (χ1) is 23.6. The molecule has 10 aromatic rings. The van der Waals surface area contributed by atoms with E-state index in [9.17, 15) is 0 Å². The van der Waals surface area contributed by atoms with E-state index in [-0.39, 0.29) is 5.41 Å². The molecule has 0 radical (unpaired) electrons. The lowest BCUT2D eigenvalue weighted by atomic mass is 9.82. The lowest BCUT2D eigenvalue weighted by Gasteiger charge is -2.21. The molecule has 48 heavy (non-hydrogen) atoms. The van der Waals surface area contributed by atoms with Crippen LogP contribution in [-0.4, -0.2) is 4.57 Å². The van der Waals surface area contributed by atoms with Gasteiger partial charge in [0.25, 0.3) is 0 Å². The second-order valence-corrected chi connectivity index (χ2v) is 15.8. The lowest BCUT2D eigenvalue weighted by molar-refractivity contribution is 0.661. The summed E-state index contributed by atoms with van der Waals surface area (Å²) in [6, 6.07) is 52.3. The third kappa shape index (κ3) is 3.40. The number of nitrogens with zero attached hydrogens (tertiary/aromatic N) is 1. The highest BCUT2D eigenvalue weighted by Gasteiger charge is 2.37. The van der Waals surface area contributed by atoms with Crippen LogP contribution in [0.4, 0.5) is 0 Å². The molecule has 3 heteroatoms. The number of hydrogen-bond acceptors (Lipinski definition) is 2. The summed E-state index contributed by atoms with van der Waals surface area (Å²) in [6.07, 6.45) is 0. The van der Waals surface area contributed by atoms with Crippen LogP contribution in [0.2, 0.25) is 0 Å². The van der Waals surface area contributed by atoms with Crippen LogP contribution in [0.25, 0.3) is 90.1 Å². The fourth-order valence-corrected chi connectivity index (χ4v) is 11.0. The molecule has 0 saturated heterocycles. The largest absolute Gasteiger partial charge is 0.307 e. The van der Waals surface area contributed by atoms with Crippen molar-refractivity contribution < 1.29 is 0 Å². The monoisotopic (exact) mass is 647 g/mol. The van der Waals surface area contributed by atoms with Gasteiger partial charge in [0.2, 0.25) is 0 Å². The van der Waals surface area contributed by atoms with Crippen molar-refractivity contribution in [2.45, 2.75) is 19.3 Å². The Labute approximate surface area is 285 Å². The molecule has 0 spiro atoms. The Bertz CT molecular complexity index is 2980. The van der Waals surface area contributed by atoms with Crippen molar-refractivity contribution in [3.05, 3.63) is 151 Å². The SMILES string of the molecule is CC1(C)c2ccccc2-c2c1ccc1c3ccccc3n(-c3cccc4c3sc3cccc(-c5ccc6sc7ccccc7c6c5)c34)c21. The van der Waals surface area contributed by atoms with Gasteiger partial charge in [-0.15, -0.1) is 22.7 Å². The summed E-state index contributed by atoms with van der Waals surface area (Å²) in [5, 5.41) is 7.95. The van der Waals surface area contributed by atoms with Crippen LogP contribution in [0, 0.1) is 0 Å². The van der Waals surface area contributed by atoms with Crippen molar-refractivity contribution in [2.24, 2.45) is 0 Å². The second kappa shape index (κ2) is 9.44. The van der Waals surface area contributed by atoms with E-state index in [4.69, 9.17) is 0 Å². The molecule has 1 nitrogen and oxygen atoms in total. The van der Waals surface area contributed by atoms with Crippen LogP contribution in [0.3, 0.4) is 0 Å². The molecule has 0 aliphatic heterocycles. The van der Waals surface area contributed by atoms with Crippen molar-refractivity contribution in [1.82, 2.24) is 4.57 Å². The van der Waals surface area contributed by atoms with Crippen molar-refractivity contribution in [2.75, 3.05) is 0 Å². The summed E-state index contributed by atoms with van der Waals surface area (Å²) in [7, 11) is 0. The minimum atomic E-state index is -0.0607. The van der Waals surface area contributed by atoms with E-state index in [2.05, 4.69) is 158 Å². The van der Waals surface area contributed by atoms with Gasteiger partial charge in [-0.2, -0.15) is 0 Å². The average molecular weight is 648 g/mol. The van der Waals surface area contributed by atoms with E-state index in [0.29, 0.717) is 0 Å². The van der Waals surface area contributed by atoms with Gasteiger partial charge < -0.3 is 4.57 Å². The normalized spacial score (nSPS) is 13.8. The van der Waals surface area contributed by atoms with Gasteiger partial charge in [-0.25, -0.2) is 0 Å². The van der Waals surface area contributed by atoms with E-state index in [1.165, 1.54) is 101 Å². The summed E-state index contributed by atoms with van der Waals surface area (Å²) in [5.74, 6) is 0. The van der Waals surface area contributed by atoms with Crippen LogP contribution in [0.5, 0.6) is 0 Å². The predicted octanol–water partition coefficient (Wildman–Crippen LogP) is 13.5. The summed E-state index contributed by atoms with van der Waals surface area (Å²) < 4.78 is 7.91. The van der Waals surface area contributed by atoms with Gasteiger partial charge >= 0.3 is 0 Å². The maximum atomic E-state index is 2.57. The summed E-state index contributed by atoms with van der Waals surface area (Å²) in [5.41, 5.74) is 11.9. The van der Waals surface area contributed by atoms with Crippen molar-refractivity contribution >= 4 is 84.8 Å². The van der Waals surface area contributed by atoms with E-state index in [1.54, 1.807) is 0 Å². The maximum Gasteiger partial charge on any atom is 0.0641 e. The van der Waals surface area contributed by atoms with Gasteiger partial charge in [-0.1, -0.05) is 117 Å². The van der Waals surface area contributed by atoms with E-state index >= 15 is 0 Å². The summed E-state index contributed by atoms with van der Waals surface area (Å²) in [6.45, 7) is 4.75. The number of hydrogen-bond donors (Lipinski definition) is 0. The molecule has 0 amide bonds. The van der Waals surface area contributed by atoms with Gasteiger partial charge in [-0.3, -0.25) is 0 Å². The number of aromatic nitrogens is 1. The zero-order valence-electron chi connectivity index (χ0n) is 26.5. The first kappa shape index (κ1) is 26.8. The molecule has 0 bridgehead atoms. The zero-order valence-corrected chi connectivity index (χ0v) is 28.2. The Kier molecular flexibility index (Phi) is 5.27. The minimum Gasteiger partial charge on any atom is -0.307 e. The van der Waals surface area contributed by atoms with E-state index < -0.39 is 0 Å². The average Bonchev–Trinajstić information content (AvgIpc) is 3.85. The number of benzene rings is 7. The van der Waals surface area contributed by atoms with Gasteiger partial charge in [0.05, 0.1) is 21.4 Å². The Morgan fingerprint density at radius 1 is 0.500 bits per heavy atom. The zero-order chi connectivity index (χ0) is 31.7. The third-order valence-corrected chi connectivity index (χ3v) is 13.2. The molecule has 0 fully saturated rings. The Hall–Kier alpha value is -5.22. The van der Waals surface area contributed by atoms with Crippen LogP contribution in [-0.2, 0) is 5.41 Å². The fraction of sp³-hybridized carbons (Fsp3) is 0.0667. The first-order valence-corrected chi connectivity index (χ1v) is 18.2. The molecule has 0 atom stereocenters. The molecule has 0 unspecified atom stereocenters. The molecule has 11 rings (SSSR count). The van der Waals surface area contributed by atoms with Gasteiger partial charge in [-0.05, 0) is 64.2 Å². The molecule has 3 aromatic heterocycles. The Morgan fingerprint density at radius 2 is 1.23 bits per heavy atom. The molecule has 0 N–H and O–H groups in total. The van der Waals surface area contributed by atoms with Gasteiger partial charge in [0, 0.05) is 57.4 Å². The van der Waals surface area contributed by atoms with Crippen LogP contribution >= 0.6 is 22.7 Å². The molecule has 3 heterocycles. The molecule has 7 aromatic carbocycles. The number of thiophene rings is 2.